The third-order valence-electron chi connectivity index (χ3n) is 4.99. The largest absolute Gasteiger partial charge is 0.496 e. The van der Waals surface area contributed by atoms with Crippen molar-refractivity contribution in [2.24, 2.45) is 5.92 Å². The van der Waals surface area contributed by atoms with Crippen LogP contribution in [0.4, 0.5) is 0 Å². The van der Waals surface area contributed by atoms with Crippen molar-refractivity contribution < 1.29 is 9.53 Å². The highest BCUT2D eigenvalue weighted by atomic mass is 16.5. The molecule has 3 rings (SSSR count). The molecule has 1 saturated carbocycles. The van der Waals surface area contributed by atoms with Gasteiger partial charge < -0.3 is 9.64 Å². The van der Waals surface area contributed by atoms with E-state index < -0.39 is 0 Å². The van der Waals surface area contributed by atoms with Crippen LogP contribution in [-0.2, 0) is 11.3 Å². The summed E-state index contributed by atoms with van der Waals surface area (Å²) in [4.78, 5) is 15.0. The van der Waals surface area contributed by atoms with E-state index in [1.165, 1.54) is 0 Å². The van der Waals surface area contributed by atoms with Crippen LogP contribution in [0.1, 0.15) is 42.9 Å². The lowest BCUT2D eigenvalue weighted by atomic mass is 10.1. The molecule has 0 spiro atoms. The summed E-state index contributed by atoms with van der Waals surface area (Å²) in [6.45, 7) is 4.65. The average molecular weight is 348 g/mol. The lowest BCUT2D eigenvalue weighted by Crippen LogP contribution is -2.37. The Hall–Kier alpha value is -2.80. The standard InChI is InChI=1S/C22H24N2O2/c1-15(2)24(14-17-10-8-16(13-23)9-11-17)22(25)20-12-19(20)18-6-4-5-7-21(18)26-3/h4-11,15,19-20H,12,14H2,1-3H3/t19-,20+/m0/s1. The number of carbonyl (C=O) groups excluding carboxylic acids is 1. The number of para-hydroxylation sites is 1. The summed E-state index contributed by atoms with van der Waals surface area (Å²) in [5.74, 6) is 1.31. The third kappa shape index (κ3) is 3.72. The topological polar surface area (TPSA) is 53.3 Å². The minimum atomic E-state index is 0.0204. The zero-order valence-corrected chi connectivity index (χ0v) is 15.5. The predicted octanol–water partition coefficient (Wildman–Crippen LogP) is 4.11. The summed E-state index contributed by atoms with van der Waals surface area (Å²) >= 11 is 0. The summed E-state index contributed by atoms with van der Waals surface area (Å²) in [6, 6.07) is 17.6. The van der Waals surface area contributed by atoms with Gasteiger partial charge in [0, 0.05) is 18.5 Å². The molecule has 1 aliphatic carbocycles. The van der Waals surface area contributed by atoms with Crippen LogP contribution in [0.25, 0.3) is 0 Å². The second-order valence-electron chi connectivity index (χ2n) is 7.06. The van der Waals surface area contributed by atoms with Crippen molar-refractivity contribution >= 4 is 5.91 Å². The first-order valence-corrected chi connectivity index (χ1v) is 8.97. The van der Waals surface area contributed by atoms with Crippen molar-refractivity contribution in [2.75, 3.05) is 7.11 Å². The van der Waals surface area contributed by atoms with E-state index in [4.69, 9.17) is 10.00 Å². The highest BCUT2D eigenvalue weighted by molar-refractivity contribution is 5.83. The molecule has 26 heavy (non-hydrogen) atoms. The Morgan fingerprint density at radius 2 is 1.92 bits per heavy atom. The molecule has 2 aromatic carbocycles. The van der Waals surface area contributed by atoms with Crippen molar-refractivity contribution in [3.8, 4) is 11.8 Å². The molecule has 0 radical (unpaired) electrons. The van der Waals surface area contributed by atoms with E-state index >= 15 is 0 Å². The Morgan fingerprint density at radius 1 is 1.23 bits per heavy atom. The van der Waals surface area contributed by atoms with Crippen LogP contribution < -0.4 is 4.74 Å². The molecule has 0 aliphatic heterocycles. The highest BCUT2D eigenvalue weighted by Gasteiger charge is 2.47. The van der Waals surface area contributed by atoms with E-state index in [0.717, 1.165) is 23.3 Å². The molecule has 1 aliphatic rings. The fourth-order valence-corrected chi connectivity index (χ4v) is 3.39. The second-order valence-corrected chi connectivity index (χ2v) is 7.06. The Morgan fingerprint density at radius 3 is 2.54 bits per heavy atom. The summed E-state index contributed by atoms with van der Waals surface area (Å²) < 4.78 is 5.45. The highest BCUT2D eigenvalue weighted by Crippen LogP contribution is 2.51. The van der Waals surface area contributed by atoms with Crippen LogP contribution >= 0.6 is 0 Å². The van der Waals surface area contributed by atoms with Gasteiger partial charge in [-0.25, -0.2) is 0 Å². The van der Waals surface area contributed by atoms with E-state index in [1.807, 2.05) is 49.1 Å². The van der Waals surface area contributed by atoms with Gasteiger partial charge in [-0.3, -0.25) is 4.79 Å². The van der Waals surface area contributed by atoms with Crippen LogP contribution in [0.5, 0.6) is 5.75 Å². The number of nitrogens with zero attached hydrogens (tertiary/aromatic N) is 2. The fraction of sp³-hybridized carbons (Fsp3) is 0.364. The molecule has 0 heterocycles. The minimum Gasteiger partial charge on any atom is -0.496 e. The Bertz CT molecular complexity index is 821. The molecule has 134 valence electrons. The van der Waals surface area contributed by atoms with E-state index in [2.05, 4.69) is 12.1 Å². The fourth-order valence-electron chi connectivity index (χ4n) is 3.39. The van der Waals surface area contributed by atoms with Crippen LogP contribution in [0.15, 0.2) is 48.5 Å². The normalized spacial score (nSPS) is 18.3. The SMILES string of the molecule is COc1ccccc1[C@@H]1C[C@H]1C(=O)N(Cc1ccc(C#N)cc1)C(C)C. The van der Waals surface area contributed by atoms with Crippen molar-refractivity contribution in [2.45, 2.75) is 38.8 Å². The Kier molecular flexibility index (Phi) is 5.27. The van der Waals surface area contributed by atoms with Gasteiger partial charge in [0.15, 0.2) is 0 Å². The number of ether oxygens (including phenoxy) is 1. The van der Waals surface area contributed by atoms with Gasteiger partial charge in [-0.15, -0.1) is 0 Å². The summed E-state index contributed by atoms with van der Waals surface area (Å²) in [5.41, 5.74) is 2.80. The Balaban J connectivity index is 1.73. The average Bonchev–Trinajstić information content (AvgIpc) is 3.46. The van der Waals surface area contributed by atoms with Gasteiger partial charge >= 0.3 is 0 Å². The number of nitriles is 1. The first kappa shape index (κ1) is 18.0. The first-order valence-electron chi connectivity index (χ1n) is 8.97. The molecule has 1 amide bonds. The Labute approximate surface area is 155 Å². The zero-order chi connectivity index (χ0) is 18.7. The lowest BCUT2D eigenvalue weighted by molar-refractivity contribution is -0.135. The van der Waals surface area contributed by atoms with E-state index in [0.29, 0.717) is 12.1 Å². The molecule has 0 saturated heterocycles. The molecule has 1 fully saturated rings. The van der Waals surface area contributed by atoms with E-state index in [9.17, 15) is 4.79 Å². The minimum absolute atomic E-state index is 0.0204. The number of rotatable bonds is 6. The smallest absolute Gasteiger partial charge is 0.226 e. The number of methoxy groups -OCH3 is 1. The number of carbonyl (C=O) groups is 1. The molecule has 0 aromatic heterocycles. The van der Waals surface area contributed by atoms with Crippen molar-refractivity contribution in [3.05, 3.63) is 65.2 Å². The molecule has 0 bridgehead atoms. The maximum atomic E-state index is 13.1. The van der Waals surface area contributed by atoms with Crippen molar-refractivity contribution in [3.63, 3.8) is 0 Å². The zero-order valence-electron chi connectivity index (χ0n) is 15.5. The number of benzene rings is 2. The quantitative estimate of drug-likeness (QED) is 0.789. The number of hydrogen-bond donors (Lipinski definition) is 0. The summed E-state index contributed by atoms with van der Waals surface area (Å²) in [6.07, 6.45) is 0.871. The van der Waals surface area contributed by atoms with Crippen LogP contribution in [0.2, 0.25) is 0 Å². The van der Waals surface area contributed by atoms with Gasteiger partial charge in [-0.05, 0) is 55.5 Å². The molecule has 2 atom stereocenters. The van der Waals surface area contributed by atoms with Gasteiger partial charge in [-0.2, -0.15) is 5.26 Å². The first-order chi connectivity index (χ1) is 12.5. The number of amides is 1. The molecule has 0 unspecified atom stereocenters. The third-order valence-corrected chi connectivity index (χ3v) is 4.99. The van der Waals surface area contributed by atoms with Crippen LogP contribution in [-0.4, -0.2) is 24.0 Å². The van der Waals surface area contributed by atoms with Gasteiger partial charge in [0.1, 0.15) is 5.75 Å². The number of hydrogen-bond acceptors (Lipinski definition) is 3. The van der Waals surface area contributed by atoms with Gasteiger partial charge in [-0.1, -0.05) is 30.3 Å². The molecule has 2 aromatic rings. The van der Waals surface area contributed by atoms with Gasteiger partial charge in [0.2, 0.25) is 5.91 Å². The summed E-state index contributed by atoms with van der Waals surface area (Å²) in [5, 5.41) is 8.92. The molecule has 4 nitrogen and oxygen atoms in total. The van der Waals surface area contributed by atoms with Crippen molar-refractivity contribution in [1.82, 2.24) is 4.90 Å². The molecule has 0 N–H and O–H groups in total. The second kappa shape index (κ2) is 7.61. The van der Waals surface area contributed by atoms with E-state index in [1.54, 1.807) is 19.2 Å². The monoisotopic (exact) mass is 348 g/mol. The van der Waals surface area contributed by atoms with Gasteiger partial charge in [0.05, 0.1) is 18.7 Å². The lowest BCUT2D eigenvalue weighted by Gasteiger charge is -2.27. The molecule has 4 heteroatoms. The van der Waals surface area contributed by atoms with Crippen LogP contribution in [0.3, 0.4) is 0 Å². The van der Waals surface area contributed by atoms with Crippen molar-refractivity contribution in [1.29, 1.82) is 5.26 Å². The molecular weight excluding hydrogens is 324 g/mol. The van der Waals surface area contributed by atoms with Gasteiger partial charge in [0.25, 0.3) is 0 Å². The van der Waals surface area contributed by atoms with E-state index in [-0.39, 0.29) is 23.8 Å². The van der Waals surface area contributed by atoms with Crippen LogP contribution in [0, 0.1) is 17.2 Å². The predicted molar refractivity (Wildman–Crippen MR) is 101 cm³/mol. The maximum absolute atomic E-state index is 13.1. The molecular formula is C22H24N2O2. The maximum Gasteiger partial charge on any atom is 0.226 e. The summed E-state index contributed by atoms with van der Waals surface area (Å²) in [7, 11) is 1.67.